The van der Waals surface area contributed by atoms with E-state index < -0.39 is 0 Å². The molecule has 2 aromatic rings. The number of nitriles is 1. The molecule has 0 N–H and O–H groups in total. The maximum Gasteiger partial charge on any atom is 0.145 e. The number of hydrogen-bond acceptors (Lipinski definition) is 3. The molecule has 0 amide bonds. The standard InChI is InChI=1S/C15H11FN2O/c16-15-7-2-1-6-14(15)11-19-18-10-13-5-3-4-12(8-13)9-17/h1-8,10H,11H2. The number of benzene rings is 2. The molecule has 3 nitrogen and oxygen atoms in total. The highest BCUT2D eigenvalue weighted by atomic mass is 19.1. The van der Waals surface area contributed by atoms with Gasteiger partial charge in [0.1, 0.15) is 12.4 Å². The fourth-order valence-electron chi connectivity index (χ4n) is 1.51. The minimum atomic E-state index is -0.316. The summed E-state index contributed by atoms with van der Waals surface area (Å²) in [7, 11) is 0. The molecule has 0 saturated heterocycles. The minimum absolute atomic E-state index is 0.0705. The summed E-state index contributed by atoms with van der Waals surface area (Å²) in [5.41, 5.74) is 1.76. The smallest absolute Gasteiger partial charge is 0.145 e. The molecular weight excluding hydrogens is 243 g/mol. The van der Waals surface area contributed by atoms with Crippen LogP contribution in [0.3, 0.4) is 0 Å². The van der Waals surface area contributed by atoms with Gasteiger partial charge in [-0.15, -0.1) is 0 Å². The SMILES string of the molecule is N#Cc1cccc(C=NOCc2ccccc2F)c1. The van der Waals surface area contributed by atoms with E-state index in [4.69, 9.17) is 10.1 Å². The normalized spacial score (nSPS) is 10.3. The fourth-order valence-corrected chi connectivity index (χ4v) is 1.51. The van der Waals surface area contributed by atoms with Gasteiger partial charge < -0.3 is 4.84 Å². The van der Waals surface area contributed by atoms with Gasteiger partial charge in [-0.1, -0.05) is 35.5 Å². The van der Waals surface area contributed by atoms with Crippen LogP contribution in [0, 0.1) is 17.1 Å². The molecule has 0 saturated carbocycles. The summed E-state index contributed by atoms with van der Waals surface area (Å²) in [6.07, 6.45) is 1.49. The lowest BCUT2D eigenvalue weighted by molar-refractivity contribution is 0.129. The molecule has 0 fully saturated rings. The first-order chi connectivity index (χ1) is 9.29. The molecule has 2 aromatic carbocycles. The Labute approximate surface area is 110 Å². The minimum Gasteiger partial charge on any atom is -0.391 e. The molecule has 0 atom stereocenters. The van der Waals surface area contributed by atoms with Gasteiger partial charge in [-0.25, -0.2) is 4.39 Å². The third kappa shape index (κ3) is 3.65. The Morgan fingerprint density at radius 1 is 1.21 bits per heavy atom. The third-order valence-electron chi connectivity index (χ3n) is 2.47. The predicted octanol–water partition coefficient (Wildman–Crippen LogP) is 3.25. The van der Waals surface area contributed by atoms with Crippen molar-refractivity contribution < 1.29 is 9.23 Å². The Morgan fingerprint density at radius 2 is 2.05 bits per heavy atom. The number of rotatable bonds is 4. The van der Waals surface area contributed by atoms with Crippen molar-refractivity contribution in [3.63, 3.8) is 0 Å². The zero-order chi connectivity index (χ0) is 13.5. The lowest BCUT2D eigenvalue weighted by Gasteiger charge is -2.00. The second-order valence-corrected chi connectivity index (χ2v) is 3.84. The van der Waals surface area contributed by atoms with Crippen molar-refractivity contribution in [1.29, 1.82) is 5.26 Å². The second-order valence-electron chi connectivity index (χ2n) is 3.84. The quantitative estimate of drug-likeness (QED) is 0.621. The summed E-state index contributed by atoms with van der Waals surface area (Å²) in [4.78, 5) is 5.02. The molecule has 94 valence electrons. The maximum absolute atomic E-state index is 13.3. The van der Waals surface area contributed by atoms with Crippen LogP contribution in [0.2, 0.25) is 0 Å². The Hall–Kier alpha value is -2.67. The van der Waals surface area contributed by atoms with E-state index >= 15 is 0 Å². The summed E-state index contributed by atoms with van der Waals surface area (Å²) >= 11 is 0. The van der Waals surface area contributed by atoms with E-state index in [1.54, 1.807) is 42.5 Å². The van der Waals surface area contributed by atoms with Crippen LogP contribution in [0.4, 0.5) is 4.39 Å². The maximum atomic E-state index is 13.3. The van der Waals surface area contributed by atoms with E-state index in [0.717, 1.165) is 5.56 Å². The molecule has 0 spiro atoms. The number of oxime groups is 1. The summed E-state index contributed by atoms with van der Waals surface area (Å²) in [6, 6.07) is 15.4. The Bertz CT molecular complexity index is 632. The molecule has 2 rings (SSSR count). The van der Waals surface area contributed by atoms with Crippen LogP contribution in [0.1, 0.15) is 16.7 Å². The largest absolute Gasteiger partial charge is 0.391 e. The molecule has 0 aromatic heterocycles. The van der Waals surface area contributed by atoms with Gasteiger partial charge in [0.15, 0.2) is 0 Å². The van der Waals surface area contributed by atoms with E-state index in [1.165, 1.54) is 12.3 Å². The number of nitrogens with zero attached hydrogens (tertiary/aromatic N) is 2. The van der Waals surface area contributed by atoms with Crippen molar-refractivity contribution in [2.75, 3.05) is 0 Å². The van der Waals surface area contributed by atoms with Crippen LogP contribution in [0.5, 0.6) is 0 Å². The first-order valence-corrected chi connectivity index (χ1v) is 5.68. The predicted molar refractivity (Wildman–Crippen MR) is 69.9 cm³/mol. The molecule has 0 bridgehead atoms. The van der Waals surface area contributed by atoms with Gasteiger partial charge in [0.2, 0.25) is 0 Å². The molecule has 0 heterocycles. The highest BCUT2D eigenvalue weighted by Gasteiger charge is 1.99. The van der Waals surface area contributed by atoms with E-state index in [0.29, 0.717) is 11.1 Å². The summed E-state index contributed by atoms with van der Waals surface area (Å²) in [5.74, 6) is -0.316. The van der Waals surface area contributed by atoms with Crippen LogP contribution >= 0.6 is 0 Å². The van der Waals surface area contributed by atoms with Crippen molar-refractivity contribution in [2.24, 2.45) is 5.16 Å². The average molecular weight is 254 g/mol. The molecule has 4 heteroatoms. The van der Waals surface area contributed by atoms with E-state index in [-0.39, 0.29) is 12.4 Å². The van der Waals surface area contributed by atoms with E-state index in [2.05, 4.69) is 5.16 Å². The molecular formula is C15H11FN2O. The van der Waals surface area contributed by atoms with Gasteiger partial charge in [-0.2, -0.15) is 5.26 Å². The summed E-state index contributed by atoms with van der Waals surface area (Å²) in [5, 5.41) is 12.5. The van der Waals surface area contributed by atoms with E-state index in [9.17, 15) is 4.39 Å². The summed E-state index contributed by atoms with van der Waals surface area (Å²) < 4.78 is 13.3. The van der Waals surface area contributed by atoms with Crippen molar-refractivity contribution in [1.82, 2.24) is 0 Å². The van der Waals surface area contributed by atoms with Crippen molar-refractivity contribution in [2.45, 2.75) is 6.61 Å². The van der Waals surface area contributed by atoms with Crippen LogP contribution < -0.4 is 0 Å². The van der Waals surface area contributed by atoms with Crippen molar-refractivity contribution in [3.05, 3.63) is 71.0 Å². The lowest BCUT2D eigenvalue weighted by Crippen LogP contribution is -1.92. The van der Waals surface area contributed by atoms with Crippen molar-refractivity contribution in [3.8, 4) is 6.07 Å². The monoisotopic (exact) mass is 254 g/mol. The lowest BCUT2D eigenvalue weighted by atomic mass is 10.1. The first kappa shape index (κ1) is 12.8. The Morgan fingerprint density at radius 3 is 2.84 bits per heavy atom. The van der Waals surface area contributed by atoms with Gasteiger partial charge in [-0.05, 0) is 23.8 Å². The molecule has 0 aliphatic carbocycles. The average Bonchev–Trinajstić information content (AvgIpc) is 2.45. The van der Waals surface area contributed by atoms with Gasteiger partial charge in [0.05, 0.1) is 17.8 Å². The second kappa shape index (κ2) is 6.31. The Kier molecular flexibility index (Phi) is 4.25. The number of halogens is 1. The molecule has 0 radical (unpaired) electrons. The van der Waals surface area contributed by atoms with Crippen LogP contribution in [-0.4, -0.2) is 6.21 Å². The highest BCUT2D eigenvalue weighted by Crippen LogP contribution is 2.08. The number of hydrogen-bond donors (Lipinski definition) is 0. The topological polar surface area (TPSA) is 45.4 Å². The van der Waals surface area contributed by atoms with Gasteiger partial charge >= 0.3 is 0 Å². The first-order valence-electron chi connectivity index (χ1n) is 5.68. The Balaban J connectivity index is 1.94. The van der Waals surface area contributed by atoms with Gasteiger partial charge in [0.25, 0.3) is 0 Å². The molecule has 19 heavy (non-hydrogen) atoms. The third-order valence-corrected chi connectivity index (χ3v) is 2.47. The van der Waals surface area contributed by atoms with Gasteiger partial charge in [0, 0.05) is 5.56 Å². The zero-order valence-electron chi connectivity index (χ0n) is 10.1. The van der Waals surface area contributed by atoms with Gasteiger partial charge in [-0.3, -0.25) is 0 Å². The molecule has 0 aliphatic heterocycles. The zero-order valence-corrected chi connectivity index (χ0v) is 10.1. The molecule has 0 aliphatic rings. The van der Waals surface area contributed by atoms with Crippen LogP contribution in [0.15, 0.2) is 53.7 Å². The van der Waals surface area contributed by atoms with Crippen LogP contribution in [0.25, 0.3) is 0 Å². The summed E-state index contributed by atoms with van der Waals surface area (Å²) in [6.45, 7) is 0.0705. The van der Waals surface area contributed by atoms with E-state index in [1.807, 2.05) is 6.07 Å². The van der Waals surface area contributed by atoms with Crippen LogP contribution in [-0.2, 0) is 11.4 Å². The highest BCUT2D eigenvalue weighted by molar-refractivity contribution is 5.79. The van der Waals surface area contributed by atoms with Crippen molar-refractivity contribution >= 4 is 6.21 Å². The fraction of sp³-hybridized carbons (Fsp3) is 0.0667. The molecule has 0 unspecified atom stereocenters.